The molecular weight excluding hydrogens is 613 g/mol. The first-order valence-electron chi connectivity index (χ1n) is 10.1. The molecule has 0 saturated carbocycles. The van der Waals surface area contributed by atoms with Gasteiger partial charge < -0.3 is 8.92 Å². The first kappa shape index (κ1) is 26.6. The van der Waals surface area contributed by atoms with Crippen LogP contribution in [0, 0.1) is 0 Å². The lowest BCUT2D eigenvalue weighted by Crippen LogP contribution is -2.27. The third-order valence-corrected chi connectivity index (χ3v) is 8.21. The van der Waals surface area contributed by atoms with Crippen molar-refractivity contribution < 1.29 is 26.9 Å². The Morgan fingerprint density at radius 3 is 2.22 bits per heavy atom. The highest BCUT2D eigenvalue weighted by Crippen LogP contribution is 2.40. The minimum atomic E-state index is -4.18. The van der Waals surface area contributed by atoms with E-state index in [2.05, 4.69) is 15.9 Å². The SMILES string of the molecule is COc1cc(/C=C2\SC(=O)N(Cc3ccc(Cl)cc3)C2=O)cc(Br)c1OS(=O)(=O)c1ccc(Cl)cc1. The lowest BCUT2D eigenvalue weighted by atomic mass is 10.1. The molecule has 0 bridgehead atoms. The van der Waals surface area contributed by atoms with Crippen molar-refractivity contribution in [2.75, 3.05) is 7.11 Å². The number of carbonyl (C=O) groups excluding carboxylic acids is 2. The van der Waals surface area contributed by atoms with E-state index >= 15 is 0 Å². The van der Waals surface area contributed by atoms with Gasteiger partial charge in [-0.05, 0) is 93.4 Å². The van der Waals surface area contributed by atoms with Gasteiger partial charge in [-0.2, -0.15) is 8.42 Å². The number of benzene rings is 3. The molecule has 0 radical (unpaired) electrons. The standard InChI is InChI=1S/C24H16BrCl2NO6S2/c1-33-20-11-15(10-19(25)22(20)34-36(31,32)18-8-6-17(27)7-9-18)12-21-23(29)28(24(30)35-21)13-14-2-4-16(26)5-3-14/h2-12H,13H2,1H3/b21-12-. The Morgan fingerprint density at radius 1 is 1.00 bits per heavy atom. The van der Waals surface area contributed by atoms with Gasteiger partial charge in [0, 0.05) is 10.0 Å². The Labute approximate surface area is 230 Å². The molecule has 36 heavy (non-hydrogen) atoms. The number of carbonyl (C=O) groups is 2. The van der Waals surface area contributed by atoms with E-state index in [0.717, 1.165) is 22.2 Å². The van der Waals surface area contributed by atoms with Crippen molar-refractivity contribution in [2.45, 2.75) is 11.4 Å². The van der Waals surface area contributed by atoms with Gasteiger partial charge in [-0.1, -0.05) is 35.3 Å². The summed E-state index contributed by atoms with van der Waals surface area (Å²) in [5.41, 5.74) is 1.25. The summed E-state index contributed by atoms with van der Waals surface area (Å²) in [4.78, 5) is 26.7. The summed E-state index contributed by atoms with van der Waals surface area (Å²) in [5.74, 6) is -0.408. The van der Waals surface area contributed by atoms with Crippen LogP contribution in [0.5, 0.6) is 11.5 Å². The van der Waals surface area contributed by atoms with Crippen LogP contribution in [0.1, 0.15) is 11.1 Å². The second-order valence-corrected chi connectivity index (χ2v) is 11.7. The predicted octanol–water partition coefficient (Wildman–Crippen LogP) is 6.77. The second kappa shape index (κ2) is 10.9. The fourth-order valence-corrected chi connectivity index (χ4v) is 5.92. The Balaban J connectivity index is 1.59. The van der Waals surface area contributed by atoms with E-state index in [0.29, 0.717) is 15.6 Å². The van der Waals surface area contributed by atoms with Crippen LogP contribution >= 0.6 is 50.9 Å². The van der Waals surface area contributed by atoms with Gasteiger partial charge in [-0.25, -0.2) is 0 Å². The van der Waals surface area contributed by atoms with Crippen LogP contribution in [0.15, 0.2) is 74.9 Å². The lowest BCUT2D eigenvalue weighted by molar-refractivity contribution is -0.123. The van der Waals surface area contributed by atoms with Crippen molar-refractivity contribution in [2.24, 2.45) is 0 Å². The molecule has 0 N–H and O–H groups in total. The van der Waals surface area contributed by atoms with Gasteiger partial charge in [-0.3, -0.25) is 14.5 Å². The number of hydrogen-bond acceptors (Lipinski definition) is 7. The van der Waals surface area contributed by atoms with Gasteiger partial charge in [0.15, 0.2) is 11.5 Å². The van der Waals surface area contributed by atoms with Gasteiger partial charge >= 0.3 is 10.1 Å². The highest BCUT2D eigenvalue weighted by atomic mass is 79.9. The van der Waals surface area contributed by atoms with Crippen molar-refractivity contribution >= 4 is 78.2 Å². The van der Waals surface area contributed by atoms with Crippen LogP contribution in [0.3, 0.4) is 0 Å². The van der Waals surface area contributed by atoms with E-state index in [9.17, 15) is 18.0 Å². The van der Waals surface area contributed by atoms with E-state index in [1.54, 1.807) is 30.3 Å². The van der Waals surface area contributed by atoms with Crippen molar-refractivity contribution in [3.8, 4) is 11.5 Å². The number of halogens is 3. The molecule has 0 aliphatic carbocycles. The van der Waals surface area contributed by atoms with Crippen LogP contribution in [0.4, 0.5) is 4.79 Å². The Bertz CT molecular complexity index is 1480. The zero-order valence-electron chi connectivity index (χ0n) is 18.4. The topological polar surface area (TPSA) is 90.0 Å². The van der Waals surface area contributed by atoms with Crippen LogP contribution in [0.2, 0.25) is 10.0 Å². The third-order valence-electron chi connectivity index (χ3n) is 4.97. The molecule has 4 rings (SSSR count). The molecule has 1 heterocycles. The summed E-state index contributed by atoms with van der Waals surface area (Å²) in [6.07, 6.45) is 1.53. The van der Waals surface area contributed by atoms with Gasteiger partial charge in [0.2, 0.25) is 0 Å². The number of nitrogens with zero attached hydrogens (tertiary/aromatic N) is 1. The number of methoxy groups -OCH3 is 1. The Morgan fingerprint density at radius 2 is 1.61 bits per heavy atom. The van der Waals surface area contributed by atoms with Crippen molar-refractivity contribution in [3.63, 3.8) is 0 Å². The summed E-state index contributed by atoms with van der Waals surface area (Å²) >= 11 is 15.9. The molecule has 0 aromatic heterocycles. The molecule has 1 fully saturated rings. The first-order valence-corrected chi connectivity index (χ1v) is 13.9. The molecule has 12 heteroatoms. The number of ether oxygens (including phenoxy) is 1. The van der Waals surface area contributed by atoms with Crippen LogP contribution in [0.25, 0.3) is 6.08 Å². The number of thioether (sulfide) groups is 1. The maximum absolute atomic E-state index is 12.9. The second-order valence-electron chi connectivity index (χ2n) is 7.42. The van der Waals surface area contributed by atoms with E-state index < -0.39 is 21.3 Å². The molecule has 186 valence electrons. The molecule has 0 atom stereocenters. The summed E-state index contributed by atoms with van der Waals surface area (Å²) in [6, 6.07) is 15.5. The molecule has 1 saturated heterocycles. The number of imide groups is 1. The fraction of sp³-hybridized carbons (Fsp3) is 0.0833. The molecule has 1 aliphatic rings. The number of hydrogen-bond donors (Lipinski definition) is 0. The minimum absolute atomic E-state index is 0.0690. The molecule has 0 unspecified atom stereocenters. The average Bonchev–Trinajstić information content (AvgIpc) is 3.09. The summed E-state index contributed by atoms with van der Waals surface area (Å²) in [6.45, 7) is 0.113. The Kier molecular flexibility index (Phi) is 8.01. The lowest BCUT2D eigenvalue weighted by Gasteiger charge is -2.14. The third kappa shape index (κ3) is 5.90. The normalized spacial score (nSPS) is 15.0. The monoisotopic (exact) mass is 627 g/mol. The zero-order chi connectivity index (χ0) is 26.0. The van der Waals surface area contributed by atoms with Gasteiger partial charge in [0.05, 0.1) is 23.0 Å². The van der Waals surface area contributed by atoms with Crippen molar-refractivity contribution in [1.29, 1.82) is 0 Å². The van der Waals surface area contributed by atoms with Crippen molar-refractivity contribution in [1.82, 2.24) is 4.90 Å². The summed E-state index contributed by atoms with van der Waals surface area (Å²) in [5, 5.41) is 0.539. The molecule has 7 nitrogen and oxygen atoms in total. The van der Waals surface area contributed by atoms with E-state index in [1.165, 1.54) is 43.5 Å². The highest BCUT2D eigenvalue weighted by molar-refractivity contribution is 9.10. The molecule has 0 spiro atoms. The van der Waals surface area contributed by atoms with E-state index in [-0.39, 0.29) is 32.3 Å². The summed E-state index contributed by atoms with van der Waals surface area (Å²) < 4.78 is 36.4. The molecular formula is C24H16BrCl2NO6S2. The minimum Gasteiger partial charge on any atom is -0.493 e. The zero-order valence-corrected chi connectivity index (χ0v) is 23.1. The maximum atomic E-state index is 12.9. The van der Waals surface area contributed by atoms with E-state index in [1.807, 2.05) is 0 Å². The van der Waals surface area contributed by atoms with E-state index in [4.69, 9.17) is 32.1 Å². The largest absolute Gasteiger partial charge is 0.493 e. The maximum Gasteiger partial charge on any atom is 0.339 e. The Hall–Kier alpha value is -2.50. The van der Waals surface area contributed by atoms with Crippen molar-refractivity contribution in [3.05, 3.63) is 91.2 Å². The van der Waals surface area contributed by atoms with Crippen LogP contribution in [-0.4, -0.2) is 31.6 Å². The molecule has 3 aromatic carbocycles. The van der Waals surface area contributed by atoms with Crippen LogP contribution < -0.4 is 8.92 Å². The summed E-state index contributed by atoms with van der Waals surface area (Å²) in [7, 11) is -2.82. The predicted molar refractivity (Wildman–Crippen MR) is 143 cm³/mol. The number of rotatable bonds is 7. The molecule has 2 amide bonds. The van der Waals surface area contributed by atoms with Gasteiger partial charge in [-0.15, -0.1) is 0 Å². The first-order chi connectivity index (χ1) is 17.1. The number of amides is 2. The van der Waals surface area contributed by atoms with Gasteiger partial charge in [0.25, 0.3) is 11.1 Å². The highest BCUT2D eigenvalue weighted by Gasteiger charge is 2.35. The van der Waals surface area contributed by atoms with Crippen LogP contribution in [-0.2, 0) is 21.5 Å². The average molecular weight is 629 g/mol. The molecule has 3 aromatic rings. The quantitative estimate of drug-likeness (QED) is 0.211. The van der Waals surface area contributed by atoms with Gasteiger partial charge in [0.1, 0.15) is 4.90 Å². The molecule has 1 aliphatic heterocycles. The smallest absolute Gasteiger partial charge is 0.339 e. The fourth-order valence-electron chi connectivity index (χ4n) is 3.22.